The molecular weight excluding hydrogens is 464 g/mol. The molecule has 3 aromatic heterocycles. The van der Waals surface area contributed by atoms with E-state index in [2.05, 4.69) is 21.5 Å². The van der Waals surface area contributed by atoms with Crippen molar-refractivity contribution in [2.24, 2.45) is 7.05 Å². The second-order valence-corrected chi connectivity index (χ2v) is 9.60. The number of hydrogen-bond donors (Lipinski definition) is 1. The van der Waals surface area contributed by atoms with Crippen LogP contribution in [-0.2, 0) is 30.4 Å². The molecule has 2 aromatic carbocycles. The van der Waals surface area contributed by atoms with Crippen LogP contribution in [0.15, 0.2) is 67.0 Å². The molecule has 182 valence electrons. The second-order valence-electron chi connectivity index (χ2n) is 9.60. The van der Waals surface area contributed by atoms with Gasteiger partial charge >= 0.3 is 0 Å². The summed E-state index contributed by atoms with van der Waals surface area (Å²) < 4.78 is 7.36. The Labute approximate surface area is 213 Å². The zero-order valence-corrected chi connectivity index (χ0v) is 20.5. The van der Waals surface area contributed by atoms with E-state index in [0.29, 0.717) is 24.5 Å². The minimum atomic E-state index is -0.771. The Balaban J connectivity index is 1.25. The van der Waals surface area contributed by atoms with E-state index in [1.54, 1.807) is 23.0 Å². The van der Waals surface area contributed by atoms with E-state index >= 15 is 0 Å². The third-order valence-corrected chi connectivity index (χ3v) is 6.86. The number of nitriles is 1. The molecule has 8 heteroatoms. The van der Waals surface area contributed by atoms with Gasteiger partial charge in [0.2, 0.25) is 0 Å². The minimum Gasteiger partial charge on any atom is -0.375 e. The van der Waals surface area contributed by atoms with Crippen molar-refractivity contribution in [2.45, 2.75) is 25.5 Å². The molecular formula is C29H24N6O2. The number of fused-ring (bicyclic) bond motifs is 3. The van der Waals surface area contributed by atoms with Crippen molar-refractivity contribution < 1.29 is 9.53 Å². The monoisotopic (exact) mass is 488 g/mol. The number of nitrogens with one attached hydrogen (secondary N) is 1. The summed E-state index contributed by atoms with van der Waals surface area (Å²) in [7, 11) is 1.91. The number of carbonyl (C=O) groups excluding carboxylic acids is 1. The van der Waals surface area contributed by atoms with E-state index in [-0.39, 0.29) is 12.5 Å². The molecule has 1 aliphatic rings. The molecule has 0 spiro atoms. The van der Waals surface area contributed by atoms with E-state index in [1.165, 1.54) is 0 Å². The Hall–Kier alpha value is -4.61. The van der Waals surface area contributed by atoms with Gasteiger partial charge in [0, 0.05) is 41.3 Å². The van der Waals surface area contributed by atoms with Gasteiger partial charge in [0.1, 0.15) is 5.41 Å². The van der Waals surface area contributed by atoms with Crippen molar-refractivity contribution in [1.29, 1.82) is 5.26 Å². The molecule has 0 aliphatic carbocycles. The summed E-state index contributed by atoms with van der Waals surface area (Å²) in [6.07, 6.45) is 3.77. The lowest BCUT2D eigenvalue weighted by atomic mass is 9.79. The van der Waals surface area contributed by atoms with Gasteiger partial charge in [-0.15, -0.1) is 0 Å². The summed E-state index contributed by atoms with van der Waals surface area (Å²) in [5, 5.41) is 19.1. The summed E-state index contributed by atoms with van der Waals surface area (Å²) in [6, 6.07) is 19.7. The number of aromatic nitrogens is 4. The molecule has 8 nitrogen and oxygen atoms in total. The van der Waals surface area contributed by atoms with Crippen molar-refractivity contribution in [3.8, 4) is 17.3 Å². The van der Waals surface area contributed by atoms with Gasteiger partial charge < -0.3 is 10.1 Å². The number of aryl methyl sites for hydroxylation is 1. The first-order valence-electron chi connectivity index (χ1n) is 12.0. The molecule has 0 unspecified atom stereocenters. The number of amides is 1. The van der Waals surface area contributed by atoms with Crippen molar-refractivity contribution in [3.05, 3.63) is 89.4 Å². The van der Waals surface area contributed by atoms with Crippen LogP contribution in [0.4, 0.5) is 0 Å². The standard InChI is InChI=1S/C29H24N6O2/c1-29(16-30)17-37-15-20-7-6-18(10-24(20)29)28(36)32-13-21-11-27-19(12-31-21)8-9-25(33-27)22-4-3-5-26-23(22)14-35(2)34-26/h3-12,14H,13,15,17H2,1-2H3,(H,32,36)/t29-/m1/s1. The van der Waals surface area contributed by atoms with Gasteiger partial charge in [-0.2, -0.15) is 10.4 Å². The number of pyridine rings is 2. The number of ether oxygens (including phenoxy) is 1. The van der Waals surface area contributed by atoms with Crippen molar-refractivity contribution in [3.63, 3.8) is 0 Å². The van der Waals surface area contributed by atoms with Gasteiger partial charge in [-0.25, -0.2) is 4.98 Å². The van der Waals surface area contributed by atoms with E-state index in [4.69, 9.17) is 9.72 Å². The van der Waals surface area contributed by atoms with E-state index in [0.717, 1.165) is 44.2 Å². The maximum Gasteiger partial charge on any atom is 0.251 e. The van der Waals surface area contributed by atoms with Gasteiger partial charge in [0.15, 0.2) is 0 Å². The number of rotatable bonds is 4. The first kappa shape index (κ1) is 22.8. The Morgan fingerprint density at radius 3 is 2.95 bits per heavy atom. The highest BCUT2D eigenvalue weighted by Crippen LogP contribution is 2.32. The van der Waals surface area contributed by atoms with E-state index in [1.807, 2.05) is 62.6 Å². The van der Waals surface area contributed by atoms with Crippen LogP contribution < -0.4 is 5.32 Å². The van der Waals surface area contributed by atoms with Crippen LogP contribution in [0, 0.1) is 11.3 Å². The predicted molar refractivity (Wildman–Crippen MR) is 139 cm³/mol. The maximum atomic E-state index is 13.0. The van der Waals surface area contributed by atoms with Crippen LogP contribution in [0.3, 0.4) is 0 Å². The molecule has 1 N–H and O–H groups in total. The Morgan fingerprint density at radius 1 is 1.19 bits per heavy atom. The van der Waals surface area contributed by atoms with Crippen LogP contribution in [-0.4, -0.2) is 32.3 Å². The van der Waals surface area contributed by atoms with E-state index in [9.17, 15) is 10.1 Å². The second kappa shape index (κ2) is 8.80. The first-order chi connectivity index (χ1) is 17.9. The fraction of sp³-hybridized carbons (Fsp3) is 0.207. The van der Waals surface area contributed by atoms with Gasteiger partial charge in [0.05, 0.1) is 48.2 Å². The molecule has 1 aliphatic heterocycles. The molecule has 0 bridgehead atoms. The summed E-state index contributed by atoms with van der Waals surface area (Å²) in [6.45, 7) is 2.85. The fourth-order valence-corrected chi connectivity index (χ4v) is 4.86. The molecule has 37 heavy (non-hydrogen) atoms. The number of hydrogen-bond acceptors (Lipinski definition) is 6. The lowest BCUT2D eigenvalue weighted by molar-refractivity contribution is 0.0757. The number of carbonyl (C=O) groups is 1. The SMILES string of the molecule is Cn1cc2c(-c3ccc4cnc(CNC(=O)c5ccc6c(c5)[C@](C)(C#N)COC6)cc4n3)cccc2n1. The maximum absolute atomic E-state index is 13.0. The highest BCUT2D eigenvalue weighted by Gasteiger charge is 2.33. The number of benzene rings is 2. The molecule has 6 rings (SSSR count). The molecule has 1 atom stereocenters. The molecule has 5 aromatic rings. The molecule has 4 heterocycles. The topological polar surface area (TPSA) is 106 Å². The van der Waals surface area contributed by atoms with Crippen LogP contribution in [0.25, 0.3) is 33.1 Å². The van der Waals surface area contributed by atoms with Crippen molar-refractivity contribution in [1.82, 2.24) is 25.1 Å². The summed E-state index contributed by atoms with van der Waals surface area (Å²) in [5.41, 5.74) is 5.82. The van der Waals surface area contributed by atoms with Gasteiger partial charge in [0.25, 0.3) is 5.91 Å². The van der Waals surface area contributed by atoms with Gasteiger partial charge in [-0.3, -0.25) is 14.5 Å². The molecule has 0 fully saturated rings. The lowest BCUT2D eigenvalue weighted by Crippen LogP contribution is -2.33. The first-order valence-corrected chi connectivity index (χ1v) is 12.0. The Bertz CT molecular complexity index is 1730. The third kappa shape index (κ3) is 4.09. The fourth-order valence-electron chi connectivity index (χ4n) is 4.86. The quantitative estimate of drug-likeness (QED) is 0.401. The van der Waals surface area contributed by atoms with Crippen LogP contribution in [0.1, 0.15) is 34.1 Å². The smallest absolute Gasteiger partial charge is 0.251 e. The predicted octanol–water partition coefficient (Wildman–Crippen LogP) is 4.42. The zero-order valence-electron chi connectivity index (χ0n) is 20.5. The molecule has 0 saturated carbocycles. The summed E-state index contributed by atoms with van der Waals surface area (Å²) >= 11 is 0. The normalized spacial score (nSPS) is 16.9. The van der Waals surface area contributed by atoms with Crippen molar-refractivity contribution in [2.75, 3.05) is 6.61 Å². The van der Waals surface area contributed by atoms with Crippen LogP contribution in [0.2, 0.25) is 0 Å². The minimum absolute atomic E-state index is 0.221. The zero-order chi connectivity index (χ0) is 25.6. The third-order valence-electron chi connectivity index (χ3n) is 6.86. The molecule has 1 amide bonds. The highest BCUT2D eigenvalue weighted by atomic mass is 16.5. The average molecular weight is 489 g/mol. The summed E-state index contributed by atoms with van der Waals surface area (Å²) in [4.78, 5) is 22.4. The Morgan fingerprint density at radius 2 is 2.08 bits per heavy atom. The van der Waals surface area contributed by atoms with E-state index < -0.39 is 5.41 Å². The molecule has 0 radical (unpaired) electrons. The Kier molecular flexibility index (Phi) is 5.43. The lowest BCUT2D eigenvalue weighted by Gasteiger charge is -2.30. The largest absolute Gasteiger partial charge is 0.375 e. The number of nitrogens with zero attached hydrogens (tertiary/aromatic N) is 5. The van der Waals surface area contributed by atoms with Gasteiger partial charge in [-0.05, 0) is 54.4 Å². The van der Waals surface area contributed by atoms with Crippen molar-refractivity contribution >= 4 is 27.7 Å². The van der Waals surface area contributed by atoms with Crippen LogP contribution >= 0.6 is 0 Å². The molecule has 0 saturated heterocycles. The van der Waals surface area contributed by atoms with Gasteiger partial charge in [-0.1, -0.05) is 18.2 Å². The average Bonchev–Trinajstić information content (AvgIpc) is 3.31. The van der Waals surface area contributed by atoms with Crippen LogP contribution in [0.5, 0.6) is 0 Å². The summed E-state index contributed by atoms with van der Waals surface area (Å²) in [5.74, 6) is -0.221. The highest BCUT2D eigenvalue weighted by molar-refractivity contribution is 5.95.